The van der Waals surface area contributed by atoms with Crippen molar-refractivity contribution in [3.05, 3.63) is 0 Å². The maximum atomic E-state index is 11.2. The van der Waals surface area contributed by atoms with E-state index < -0.39 is 35.3 Å². The van der Waals surface area contributed by atoms with Crippen LogP contribution in [0.25, 0.3) is 0 Å². The standard InChI is InChI=1S/C8H12O5/c1-6(2)7(11)4(3-9)13-5(10)8(6,7)12/h4,9,11-12H,3H2,1-2H3/t4-,7+,8-/m1/s1. The minimum Gasteiger partial charge on any atom is -0.454 e. The highest BCUT2D eigenvalue weighted by molar-refractivity contribution is 5.92. The molecule has 5 nitrogen and oxygen atoms in total. The highest BCUT2D eigenvalue weighted by Crippen LogP contribution is 2.70. The fourth-order valence-electron chi connectivity index (χ4n) is 2.38. The molecule has 2 aliphatic rings. The summed E-state index contributed by atoms with van der Waals surface area (Å²) in [5, 5.41) is 28.6. The average Bonchev–Trinajstić information content (AvgIpc) is 2.34. The Balaban J connectivity index is 2.46. The molecule has 1 saturated heterocycles. The number of ether oxygens (including phenoxy) is 1. The Morgan fingerprint density at radius 3 is 2.23 bits per heavy atom. The molecule has 3 atom stereocenters. The van der Waals surface area contributed by atoms with Crippen molar-refractivity contribution in [3.63, 3.8) is 0 Å². The first kappa shape index (κ1) is 8.93. The highest BCUT2D eigenvalue weighted by Gasteiger charge is 2.94. The van der Waals surface area contributed by atoms with E-state index in [1.54, 1.807) is 13.8 Å². The summed E-state index contributed by atoms with van der Waals surface area (Å²) in [7, 11) is 0. The molecule has 3 N–H and O–H groups in total. The second-order valence-electron chi connectivity index (χ2n) is 4.18. The van der Waals surface area contributed by atoms with Crippen LogP contribution in [0.15, 0.2) is 0 Å². The average molecular weight is 188 g/mol. The van der Waals surface area contributed by atoms with Crippen LogP contribution in [0.3, 0.4) is 0 Å². The number of esters is 1. The summed E-state index contributed by atoms with van der Waals surface area (Å²) in [6, 6.07) is 0. The van der Waals surface area contributed by atoms with Gasteiger partial charge in [0.25, 0.3) is 0 Å². The lowest BCUT2D eigenvalue weighted by Gasteiger charge is -2.19. The maximum absolute atomic E-state index is 11.2. The monoisotopic (exact) mass is 188 g/mol. The summed E-state index contributed by atoms with van der Waals surface area (Å²) in [4.78, 5) is 11.2. The van der Waals surface area contributed by atoms with Gasteiger partial charge in [0.1, 0.15) is 0 Å². The lowest BCUT2D eigenvalue weighted by molar-refractivity contribution is -0.159. The van der Waals surface area contributed by atoms with Crippen molar-refractivity contribution in [2.75, 3.05) is 6.61 Å². The third kappa shape index (κ3) is 0.553. The van der Waals surface area contributed by atoms with Crippen molar-refractivity contribution in [1.29, 1.82) is 0 Å². The molecule has 0 aromatic rings. The molecular formula is C8H12O5. The van der Waals surface area contributed by atoms with Gasteiger partial charge >= 0.3 is 5.97 Å². The van der Waals surface area contributed by atoms with Crippen molar-refractivity contribution in [3.8, 4) is 0 Å². The number of carbonyl (C=O) groups excluding carboxylic acids is 1. The van der Waals surface area contributed by atoms with E-state index in [2.05, 4.69) is 4.74 Å². The zero-order valence-electron chi connectivity index (χ0n) is 7.44. The predicted molar refractivity (Wildman–Crippen MR) is 40.6 cm³/mol. The SMILES string of the molecule is CC1(C)[C@]2(O)C(=O)O[C@H](CO)[C@]12O. The number of fused-ring (bicyclic) bond motifs is 1. The van der Waals surface area contributed by atoms with Crippen molar-refractivity contribution in [2.24, 2.45) is 5.41 Å². The van der Waals surface area contributed by atoms with Gasteiger partial charge in [0.2, 0.25) is 5.60 Å². The molecule has 0 aromatic carbocycles. The van der Waals surface area contributed by atoms with Crippen LogP contribution in [-0.4, -0.2) is 45.2 Å². The zero-order chi connectivity index (χ0) is 10.1. The highest BCUT2D eigenvalue weighted by atomic mass is 16.6. The van der Waals surface area contributed by atoms with Gasteiger partial charge in [0.15, 0.2) is 11.7 Å². The van der Waals surface area contributed by atoms with E-state index in [0.29, 0.717) is 0 Å². The van der Waals surface area contributed by atoms with Crippen molar-refractivity contribution in [2.45, 2.75) is 31.2 Å². The number of aliphatic hydroxyl groups is 3. The van der Waals surface area contributed by atoms with Crippen LogP contribution in [0, 0.1) is 5.41 Å². The topological polar surface area (TPSA) is 87.0 Å². The molecule has 1 aliphatic carbocycles. The van der Waals surface area contributed by atoms with E-state index in [1.807, 2.05) is 0 Å². The normalized spacial score (nSPS) is 51.5. The Hall–Kier alpha value is -0.650. The first-order valence-electron chi connectivity index (χ1n) is 4.10. The number of rotatable bonds is 1. The molecule has 13 heavy (non-hydrogen) atoms. The lowest BCUT2D eigenvalue weighted by atomic mass is 10.0. The Morgan fingerprint density at radius 1 is 1.46 bits per heavy atom. The van der Waals surface area contributed by atoms with Gasteiger partial charge < -0.3 is 20.1 Å². The van der Waals surface area contributed by atoms with E-state index in [9.17, 15) is 15.0 Å². The maximum Gasteiger partial charge on any atom is 0.342 e. The zero-order valence-corrected chi connectivity index (χ0v) is 7.44. The van der Waals surface area contributed by atoms with Gasteiger partial charge in [0.05, 0.1) is 6.61 Å². The predicted octanol–water partition coefficient (Wildman–Crippen LogP) is -1.59. The van der Waals surface area contributed by atoms with Crippen LogP contribution >= 0.6 is 0 Å². The molecule has 0 amide bonds. The fourth-order valence-corrected chi connectivity index (χ4v) is 2.38. The molecule has 5 heteroatoms. The molecule has 0 radical (unpaired) electrons. The largest absolute Gasteiger partial charge is 0.454 e. The summed E-state index contributed by atoms with van der Waals surface area (Å²) in [6.07, 6.45) is -1.01. The second kappa shape index (κ2) is 1.89. The van der Waals surface area contributed by atoms with Crippen LogP contribution in [0.2, 0.25) is 0 Å². The number of aliphatic hydroxyl groups excluding tert-OH is 1. The first-order chi connectivity index (χ1) is 5.84. The molecule has 0 spiro atoms. The molecule has 2 fully saturated rings. The summed E-state index contributed by atoms with van der Waals surface area (Å²) in [5.41, 5.74) is -4.41. The van der Waals surface area contributed by atoms with Crippen LogP contribution in [0.1, 0.15) is 13.8 Å². The smallest absolute Gasteiger partial charge is 0.342 e. The lowest BCUT2D eigenvalue weighted by Crippen LogP contribution is -2.36. The Bertz CT molecular complexity index is 286. The molecule has 0 unspecified atom stereocenters. The molecule has 0 bridgehead atoms. The van der Waals surface area contributed by atoms with E-state index in [1.165, 1.54) is 0 Å². The Morgan fingerprint density at radius 2 is 2.00 bits per heavy atom. The molecule has 74 valence electrons. The first-order valence-corrected chi connectivity index (χ1v) is 4.10. The minimum atomic E-state index is -1.84. The van der Waals surface area contributed by atoms with E-state index >= 15 is 0 Å². The molecular weight excluding hydrogens is 176 g/mol. The van der Waals surface area contributed by atoms with Crippen molar-refractivity contribution < 1.29 is 24.9 Å². The third-order valence-electron chi connectivity index (χ3n) is 3.52. The summed E-state index contributed by atoms with van der Waals surface area (Å²) in [6.45, 7) is 2.65. The van der Waals surface area contributed by atoms with Gasteiger partial charge in [-0.3, -0.25) is 0 Å². The van der Waals surface area contributed by atoms with Gasteiger partial charge in [-0.1, -0.05) is 13.8 Å². The van der Waals surface area contributed by atoms with E-state index in [-0.39, 0.29) is 0 Å². The second-order valence-corrected chi connectivity index (χ2v) is 4.18. The molecule has 1 saturated carbocycles. The van der Waals surface area contributed by atoms with Crippen LogP contribution < -0.4 is 0 Å². The number of cyclic esters (lactones) is 1. The summed E-state index contributed by atoms with van der Waals surface area (Å²) in [5.74, 6) is -0.848. The number of carbonyl (C=O) groups is 1. The van der Waals surface area contributed by atoms with E-state index in [4.69, 9.17) is 5.11 Å². The van der Waals surface area contributed by atoms with Crippen molar-refractivity contribution in [1.82, 2.24) is 0 Å². The number of hydrogen-bond donors (Lipinski definition) is 3. The molecule has 2 rings (SSSR count). The van der Waals surface area contributed by atoms with Crippen LogP contribution in [0.4, 0.5) is 0 Å². The molecule has 1 heterocycles. The van der Waals surface area contributed by atoms with Crippen molar-refractivity contribution >= 4 is 5.97 Å². The third-order valence-corrected chi connectivity index (χ3v) is 3.52. The van der Waals surface area contributed by atoms with Crippen LogP contribution in [0.5, 0.6) is 0 Å². The molecule has 0 aromatic heterocycles. The summed E-state index contributed by atoms with van der Waals surface area (Å²) < 4.78 is 4.63. The minimum absolute atomic E-state index is 0.478. The van der Waals surface area contributed by atoms with Gasteiger partial charge in [-0.15, -0.1) is 0 Å². The quantitative estimate of drug-likeness (QED) is 0.432. The molecule has 1 aliphatic heterocycles. The number of hydrogen-bond acceptors (Lipinski definition) is 5. The Kier molecular flexibility index (Phi) is 1.30. The Labute approximate surface area is 74.9 Å². The van der Waals surface area contributed by atoms with Crippen LogP contribution in [-0.2, 0) is 9.53 Å². The van der Waals surface area contributed by atoms with E-state index in [0.717, 1.165) is 0 Å². The fraction of sp³-hybridized carbons (Fsp3) is 0.875. The van der Waals surface area contributed by atoms with Gasteiger partial charge in [0, 0.05) is 5.41 Å². The van der Waals surface area contributed by atoms with Gasteiger partial charge in [-0.2, -0.15) is 0 Å². The van der Waals surface area contributed by atoms with Gasteiger partial charge in [-0.25, -0.2) is 4.79 Å². The van der Waals surface area contributed by atoms with Gasteiger partial charge in [-0.05, 0) is 0 Å². The summed E-state index contributed by atoms with van der Waals surface area (Å²) >= 11 is 0.